The van der Waals surface area contributed by atoms with Crippen molar-refractivity contribution in [3.8, 4) is 0 Å². The maximum atomic E-state index is 6.86. The smallest absolute Gasteiger partial charge is 0.192 e. The summed E-state index contributed by atoms with van der Waals surface area (Å²) in [5.41, 5.74) is 1.30. The maximum Gasteiger partial charge on any atom is 0.192 e. The third-order valence-corrected chi connectivity index (χ3v) is 11.6. The molecule has 1 aromatic heterocycles. The Labute approximate surface area is 176 Å². The van der Waals surface area contributed by atoms with Crippen molar-refractivity contribution in [3.63, 3.8) is 0 Å². The fourth-order valence-electron chi connectivity index (χ4n) is 4.38. The van der Waals surface area contributed by atoms with Gasteiger partial charge >= 0.3 is 0 Å². The number of nitrogens with zero attached hydrogens (tertiary/aromatic N) is 1. The third kappa shape index (κ3) is 6.17. The van der Waals surface area contributed by atoms with Crippen LogP contribution in [0.15, 0.2) is 12.4 Å². The first-order valence-electron chi connectivity index (χ1n) is 10.5. The largest absolute Gasteiger partial charge is 0.409 e. The van der Waals surface area contributed by atoms with E-state index in [0.717, 1.165) is 30.2 Å². The first-order valence-corrected chi connectivity index (χ1v) is 13.7. The van der Waals surface area contributed by atoms with E-state index >= 15 is 0 Å². The van der Waals surface area contributed by atoms with E-state index in [0.29, 0.717) is 21.5 Å². The molecular formula is C21H36Cl2N2OSi. The summed E-state index contributed by atoms with van der Waals surface area (Å²) in [5.74, 6) is 0. The molecular weight excluding hydrogens is 395 g/mol. The second kappa shape index (κ2) is 10.1. The lowest BCUT2D eigenvalue weighted by atomic mass is 9.75. The maximum absolute atomic E-state index is 6.86. The second-order valence-electron chi connectivity index (χ2n) is 8.73. The van der Waals surface area contributed by atoms with Gasteiger partial charge in [0.2, 0.25) is 0 Å². The lowest BCUT2D eigenvalue weighted by molar-refractivity contribution is 0.155. The van der Waals surface area contributed by atoms with Crippen molar-refractivity contribution < 1.29 is 4.43 Å². The third-order valence-electron chi connectivity index (χ3n) is 6.33. The van der Waals surface area contributed by atoms with Crippen LogP contribution in [-0.2, 0) is 4.43 Å². The van der Waals surface area contributed by atoms with Gasteiger partial charge in [-0.25, -0.2) is 0 Å². The Kier molecular flexibility index (Phi) is 8.63. The molecule has 2 unspecified atom stereocenters. The monoisotopic (exact) mass is 430 g/mol. The molecule has 0 saturated heterocycles. The van der Waals surface area contributed by atoms with Gasteiger partial charge in [-0.15, -0.1) is 0 Å². The highest BCUT2D eigenvalue weighted by atomic mass is 35.5. The highest BCUT2D eigenvalue weighted by Crippen LogP contribution is 2.38. The Bertz CT molecular complexity index is 579. The van der Waals surface area contributed by atoms with Gasteiger partial charge in [-0.05, 0) is 42.8 Å². The molecule has 0 aliphatic heterocycles. The van der Waals surface area contributed by atoms with Crippen molar-refractivity contribution in [3.05, 3.63) is 28.0 Å². The summed E-state index contributed by atoms with van der Waals surface area (Å²) in [7, 11) is -1.80. The topological polar surface area (TPSA) is 34.1 Å². The SMILES string of the molecule is CC[Si](CC)(CC)OC(CNC1CCCC(C)(C)C1)c1c(Cl)cncc1Cl. The van der Waals surface area contributed by atoms with Crippen LogP contribution >= 0.6 is 23.2 Å². The molecule has 27 heavy (non-hydrogen) atoms. The number of aromatic nitrogens is 1. The Morgan fingerprint density at radius 2 is 1.78 bits per heavy atom. The van der Waals surface area contributed by atoms with Crippen LogP contribution in [0.2, 0.25) is 28.2 Å². The molecule has 1 heterocycles. The summed E-state index contributed by atoms with van der Waals surface area (Å²) >= 11 is 13.0. The molecule has 2 rings (SSSR count). The Hall–Kier alpha value is -0.133. The minimum Gasteiger partial charge on any atom is -0.409 e. The van der Waals surface area contributed by atoms with Crippen molar-refractivity contribution in [2.75, 3.05) is 6.54 Å². The van der Waals surface area contributed by atoms with Crippen LogP contribution in [0.3, 0.4) is 0 Å². The zero-order valence-corrected chi connectivity index (χ0v) is 20.1. The summed E-state index contributed by atoms with van der Waals surface area (Å²) in [5, 5.41) is 4.99. The fraction of sp³-hybridized carbons (Fsp3) is 0.762. The van der Waals surface area contributed by atoms with Gasteiger partial charge < -0.3 is 9.74 Å². The lowest BCUT2D eigenvalue weighted by Gasteiger charge is -2.38. The van der Waals surface area contributed by atoms with Crippen LogP contribution in [0.25, 0.3) is 0 Å². The molecule has 1 aromatic rings. The van der Waals surface area contributed by atoms with E-state index in [2.05, 4.69) is 44.9 Å². The normalized spacial score (nSPS) is 21.2. The molecule has 1 aliphatic rings. The average molecular weight is 432 g/mol. The summed E-state index contributed by atoms with van der Waals surface area (Å²) in [4.78, 5) is 4.12. The molecule has 0 spiro atoms. The summed E-state index contributed by atoms with van der Waals surface area (Å²) in [6.45, 7) is 12.2. The van der Waals surface area contributed by atoms with E-state index in [-0.39, 0.29) is 6.10 Å². The Morgan fingerprint density at radius 1 is 1.19 bits per heavy atom. The number of pyridine rings is 1. The van der Waals surface area contributed by atoms with E-state index in [1.807, 2.05) is 0 Å². The van der Waals surface area contributed by atoms with Crippen molar-refractivity contribution in [1.29, 1.82) is 0 Å². The first-order chi connectivity index (χ1) is 12.8. The number of nitrogens with one attached hydrogen (secondary N) is 1. The van der Waals surface area contributed by atoms with Gasteiger partial charge in [0.05, 0.1) is 16.1 Å². The Morgan fingerprint density at radius 3 is 2.30 bits per heavy atom. The number of halogens is 2. The van der Waals surface area contributed by atoms with Gasteiger partial charge in [0.1, 0.15) is 0 Å². The van der Waals surface area contributed by atoms with Crippen molar-refractivity contribution in [2.45, 2.75) is 90.6 Å². The van der Waals surface area contributed by atoms with E-state index in [1.165, 1.54) is 25.7 Å². The van der Waals surface area contributed by atoms with Crippen LogP contribution in [0, 0.1) is 5.41 Å². The summed E-state index contributed by atoms with van der Waals surface area (Å²) in [6, 6.07) is 3.84. The molecule has 0 amide bonds. The fourth-order valence-corrected chi connectivity index (χ4v) is 7.79. The van der Waals surface area contributed by atoms with Crippen LogP contribution < -0.4 is 5.32 Å². The summed E-state index contributed by atoms with van der Waals surface area (Å²) in [6.07, 6.45) is 8.26. The molecule has 2 atom stereocenters. The van der Waals surface area contributed by atoms with Gasteiger partial charge in [-0.3, -0.25) is 4.98 Å². The first kappa shape index (κ1) is 23.1. The Balaban J connectivity index is 2.22. The van der Waals surface area contributed by atoms with E-state index in [1.54, 1.807) is 12.4 Å². The molecule has 0 aromatic carbocycles. The molecule has 1 fully saturated rings. The van der Waals surface area contributed by atoms with Crippen molar-refractivity contribution in [2.24, 2.45) is 5.41 Å². The zero-order valence-electron chi connectivity index (χ0n) is 17.6. The molecule has 1 aliphatic carbocycles. The van der Waals surface area contributed by atoms with Crippen molar-refractivity contribution >= 4 is 31.5 Å². The quantitative estimate of drug-likeness (QED) is 0.427. The number of hydrogen-bond donors (Lipinski definition) is 1. The highest BCUT2D eigenvalue weighted by Gasteiger charge is 2.35. The van der Waals surface area contributed by atoms with Gasteiger partial charge in [0.15, 0.2) is 8.32 Å². The molecule has 0 bridgehead atoms. The number of rotatable bonds is 9. The average Bonchev–Trinajstić information content (AvgIpc) is 2.63. The molecule has 3 nitrogen and oxygen atoms in total. The van der Waals surface area contributed by atoms with Crippen LogP contribution in [0.1, 0.15) is 72.0 Å². The second-order valence-corrected chi connectivity index (χ2v) is 14.3. The van der Waals surface area contributed by atoms with Gasteiger partial charge in [0, 0.05) is 30.5 Å². The van der Waals surface area contributed by atoms with Crippen LogP contribution in [0.5, 0.6) is 0 Å². The van der Waals surface area contributed by atoms with Crippen molar-refractivity contribution in [1.82, 2.24) is 10.3 Å². The van der Waals surface area contributed by atoms with E-state index < -0.39 is 8.32 Å². The van der Waals surface area contributed by atoms with E-state index in [9.17, 15) is 0 Å². The predicted molar refractivity (Wildman–Crippen MR) is 119 cm³/mol. The number of hydrogen-bond acceptors (Lipinski definition) is 3. The minimum atomic E-state index is -1.80. The standard InChI is InChI=1S/C21H36Cl2N2OSi/c1-6-27(7-2,8-3)26-19(20-17(22)13-24-14-18(20)23)15-25-16-10-9-11-21(4,5)12-16/h13-14,16,19,25H,6-12,15H2,1-5H3. The van der Waals surface area contributed by atoms with E-state index in [4.69, 9.17) is 27.6 Å². The molecule has 1 saturated carbocycles. The van der Waals surface area contributed by atoms with Gasteiger partial charge in [-0.2, -0.15) is 0 Å². The minimum absolute atomic E-state index is 0.121. The molecule has 1 N–H and O–H groups in total. The lowest BCUT2D eigenvalue weighted by Crippen LogP contribution is -2.43. The zero-order chi connectivity index (χ0) is 20.1. The summed E-state index contributed by atoms with van der Waals surface area (Å²) < 4.78 is 6.86. The molecule has 6 heteroatoms. The van der Waals surface area contributed by atoms with Crippen LogP contribution in [-0.4, -0.2) is 25.9 Å². The molecule has 0 radical (unpaired) electrons. The highest BCUT2D eigenvalue weighted by molar-refractivity contribution is 6.73. The van der Waals surface area contributed by atoms with Gasteiger partial charge in [0.25, 0.3) is 0 Å². The van der Waals surface area contributed by atoms with Crippen LogP contribution in [0.4, 0.5) is 0 Å². The predicted octanol–water partition coefficient (Wildman–Crippen LogP) is 7.01. The van der Waals surface area contributed by atoms with Gasteiger partial charge in [-0.1, -0.05) is 64.2 Å². The molecule has 154 valence electrons.